The number of carbonyl (C=O) groups is 2. The van der Waals surface area contributed by atoms with Crippen LogP contribution in [-0.4, -0.2) is 56.3 Å². The lowest BCUT2D eigenvalue weighted by Gasteiger charge is -2.20. The lowest BCUT2D eigenvalue weighted by atomic mass is 10.0. The Morgan fingerprint density at radius 1 is 0.608 bits per heavy atom. The van der Waals surface area contributed by atoms with Crippen LogP contribution < -0.4 is 5.32 Å². The molecule has 51 heavy (non-hydrogen) atoms. The quantitative estimate of drug-likeness (QED) is 0.0276. The highest BCUT2D eigenvalue weighted by Crippen LogP contribution is 2.43. The van der Waals surface area contributed by atoms with Gasteiger partial charge in [-0.2, -0.15) is 0 Å². The molecular weight excluding hydrogens is 665 g/mol. The van der Waals surface area contributed by atoms with Crippen LogP contribution >= 0.6 is 7.82 Å². The molecule has 0 radical (unpaired) electrons. The number of phosphoric ester groups is 1. The van der Waals surface area contributed by atoms with Gasteiger partial charge in [0.2, 0.25) is 0 Å². The van der Waals surface area contributed by atoms with Gasteiger partial charge in [0.15, 0.2) is 6.10 Å². The summed E-state index contributed by atoms with van der Waals surface area (Å²) in [4.78, 5) is 34.9. The molecule has 0 rings (SSSR count). The molecule has 298 valence electrons. The number of esters is 2. The van der Waals surface area contributed by atoms with Gasteiger partial charge in [-0.1, -0.05) is 153 Å². The first kappa shape index (κ1) is 49.2. The van der Waals surface area contributed by atoms with E-state index in [1.165, 1.54) is 96.3 Å². The van der Waals surface area contributed by atoms with E-state index in [4.69, 9.17) is 18.5 Å². The Bertz CT molecular complexity index is 939. The topological polar surface area (TPSA) is 120 Å². The summed E-state index contributed by atoms with van der Waals surface area (Å²) in [5.74, 6) is -0.866. The van der Waals surface area contributed by atoms with E-state index < -0.39 is 32.5 Å². The summed E-state index contributed by atoms with van der Waals surface area (Å²) >= 11 is 0. The van der Waals surface area contributed by atoms with Crippen LogP contribution in [0, 0.1) is 0 Å². The number of rotatable bonds is 38. The third kappa shape index (κ3) is 37.8. The number of hydrogen-bond donors (Lipinski definition) is 2. The summed E-state index contributed by atoms with van der Waals surface area (Å²) in [6.45, 7) is 4.15. The Labute approximate surface area is 312 Å². The van der Waals surface area contributed by atoms with Crippen LogP contribution in [0.3, 0.4) is 0 Å². The zero-order chi connectivity index (χ0) is 37.5. The van der Waals surface area contributed by atoms with Crippen LogP contribution in [0.25, 0.3) is 0 Å². The molecule has 0 heterocycles. The van der Waals surface area contributed by atoms with Crippen molar-refractivity contribution in [3.63, 3.8) is 0 Å². The maximum absolute atomic E-state index is 12.6. The average Bonchev–Trinajstić information content (AvgIpc) is 3.11. The van der Waals surface area contributed by atoms with E-state index in [1.807, 2.05) is 0 Å². The van der Waals surface area contributed by atoms with Crippen LogP contribution in [-0.2, 0) is 32.7 Å². The fraction of sp³-hybridized carbons (Fsp3) is 0.805. The predicted molar refractivity (Wildman–Crippen MR) is 211 cm³/mol. The summed E-state index contributed by atoms with van der Waals surface area (Å²) in [7, 11) is -2.66. The summed E-state index contributed by atoms with van der Waals surface area (Å²) in [6.07, 6.45) is 39.1. The van der Waals surface area contributed by atoms with Crippen molar-refractivity contribution >= 4 is 19.8 Å². The zero-order valence-electron chi connectivity index (χ0n) is 32.8. The second-order valence-corrected chi connectivity index (χ2v) is 14.9. The lowest BCUT2D eigenvalue weighted by molar-refractivity contribution is -0.161. The maximum Gasteiger partial charge on any atom is 0.472 e. The van der Waals surface area contributed by atoms with Crippen LogP contribution in [0.2, 0.25) is 0 Å². The SMILES string of the molecule is CCCCCCCC/C=C\C/C=C\C/C=C\CCCC(=O)OCC(COP(=O)(O)OCCNC)OC(=O)CCCCCCCCCCCCCC. The molecule has 2 N–H and O–H groups in total. The minimum absolute atomic E-state index is 0.0237. The third-order valence-corrected chi connectivity index (χ3v) is 9.50. The molecule has 0 aliphatic carbocycles. The van der Waals surface area contributed by atoms with Gasteiger partial charge in [0.25, 0.3) is 0 Å². The molecule has 10 heteroatoms. The van der Waals surface area contributed by atoms with Crippen molar-refractivity contribution in [1.29, 1.82) is 0 Å². The van der Waals surface area contributed by atoms with E-state index in [-0.39, 0.29) is 26.1 Å². The Balaban J connectivity index is 4.33. The van der Waals surface area contributed by atoms with Crippen LogP contribution in [0.4, 0.5) is 0 Å². The number of allylic oxidation sites excluding steroid dienone is 6. The summed E-state index contributed by atoms with van der Waals surface area (Å²) in [5, 5.41) is 2.81. The van der Waals surface area contributed by atoms with Gasteiger partial charge in [-0.15, -0.1) is 0 Å². The van der Waals surface area contributed by atoms with Gasteiger partial charge in [-0.25, -0.2) is 4.57 Å². The van der Waals surface area contributed by atoms with E-state index in [1.54, 1.807) is 7.05 Å². The van der Waals surface area contributed by atoms with E-state index in [9.17, 15) is 19.0 Å². The van der Waals surface area contributed by atoms with E-state index in [0.29, 0.717) is 19.4 Å². The molecule has 0 spiro atoms. The van der Waals surface area contributed by atoms with Crippen molar-refractivity contribution in [3.8, 4) is 0 Å². The summed E-state index contributed by atoms with van der Waals surface area (Å²) in [5.41, 5.74) is 0. The first-order chi connectivity index (χ1) is 24.8. The number of nitrogens with one attached hydrogen (secondary N) is 1. The van der Waals surface area contributed by atoms with Crippen molar-refractivity contribution < 1.29 is 37.6 Å². The number of likely N-dealkylation sites (N-methyl/N-ethyl adjacent to an activating group) is 1. The van der Waals surface area contributed by atoms with Crippen molar-refractivity contribution in [3.05, 3.63) is 36.5 Å². The molecule has 0 aromatic carbocycles. The number of hydrogen-bond acceptors (Lipinski definition) is 8. The minimum Gasteiger partial charge on any atom is -0.462 e. The third-order valence-electron chi connectivity index (χ3n) is 8.51. The Hall–Kier alpha value is -1.77. The van der Waals surface area contributed by atoms with E-state index >= 15 is 0 Å². The zero-order valence-corrected chi connectivity index (χ0v) is 33.7. The average molecular weight is 742 g/mol. The number of phosphoric acid groups is 1. The van der Waals surface area contributed by atoms with E-state index in [0.717, 1.165) is 38.5 Å². The van der Waals surface area contributed by atoms with Crippen molar-refractivity contribution in [2.45, 2.75) is 180 Å². The number of ether oxygens (including phenoxy) is 2. The minimum atomic E-state index is -4.35. The Kier molecular flexibility index (Phi) is 36.7. The summed E-state index contributed by atoms with van der Waals surface area (Å²) < 4.78 is 33.0. The first-order valence-corrected chi connectivity index (χ1v) is 21.9. The Morgan fingerprint density at radius 2 is 1.08 bits per heavy atom. The van der Waals surface area contributed by atoms with Gasteiger partial charge in [-0.05, 0) is 52.0 Å². The predicted octanol–water partition coefficient (Wildman–Crippen LogP) is 11.3. The normalized spacial score (nSPS) is 13.7. The molecule has 2 atom stereocenters. The molecule has 0 aromatic heterocycles. The first-order valence-electron chi connectivity index (χ1n) is 20.4. The molecule has 0 aliphatic heterocycles. The Morgan fingerprint density at radius 3 is 1.63 bits per heavy atom. The molecule has 0 bridgehead atoms. The van der Waals surface area contributed by atoms with Gasteiger partial charge >= 0.3 is 19.8 Å². The smallest absolute Gasteiger partial charge is 0.462 e. The van der Waals surface area contributed by atoms with Crippen LogP contribution in [0.5, 0.6) is 0 Å². The highest BCUT2D eigenvalue weighted by atomic mass is 31.2. The van der Waals surface area contributed by atoms with Crippen molar-refractivity contribution in [2.24, 2.45) is 0 Å². The molecule has 0 saturated heterocycles. The summed E-state index contributed by atoms with van der Waals surface area (Å²) in [6, 6.07) is 0. The molecule has 0 saturated carbocycles. The van der Waals surface area contributed by atoms with Gasteiger partial charge in [0.05, 0.1) is 13.2 Å². The fourth-order valence-electron chi connectivity index (χ4n) is 5.39. The molecule has 0 aromatic rings. The monoisotopic (exact) mass is 742 g/mol. The molecular formula is C41H76NO8P. The van der Waals surface area contributed by atoms with Gasteiger partial charge in [0.1, 0.15) is 6.61 Å². The molecule has 2 unspecified atom stereocenters. The number of unbranched alkanes of at least 4 members (excludes halogenated alkanes) is 18. The van der Waals surface area contributed by atoms with Gasteiger partial charge < -0.3 is 19.7 Å². The molecule has 0 fully saturated rings. The fourth-order valence-corrected chi connectivity index (χ4v) is 6.14. The second-order valence-electron chi connectivity index (χ2n) is 13.5. The highest BCUT2D eigenvalue weighted by molar-refractivity contribution is 7.47. The van der Waals surface area contributed by atoms with Crippen molar-refractivity contribution in [1.82, 2.24) is 5.32 Å². The molecule has 0 amide bonds. The highest BCUT2D eigenvalue weighted by Gasteiger charge is 2.26. The maximum atomic E-state index is 12.6. The van der Waals surface area contributed by atoms with Gasteiger partial charge in [0, 0.05) is 19.4 Å². The van der Waals surface area contributed by atoms with Crippen molar-refractivity contribution in [2.75, 3.05) is 33.4 Å². The molecule has 0 aliphatic rings. The standard InChI is InChI=1S/C41H76NO8P/c1-4-6-8-10-12-14-16-18-19-20-21-22-24-25-27-29-31-33-40(43)47-37-39(38-49-51(45,46)48-36-35-42-3)50-41(44)34-32-30-28-26-23-17-15-13-11-9-7-5-2/h18-19,21-22,25,27,39,42H,4-17,20,23-24,26,28-38H2,1-3H3,(H,45,46)/b19-18-,22-21-,27-25-. The van der Waals surface area contributed by atoms with Crippen LogP contribution in [0.1, 0.15) is 174 Å². The number of carbonyl (C=O) groups excluding carboxylic acids is 2. The van der Waals surface area contributed by atoms with Crippen LogP contribution in [0.15, 0.2) is 36.5 Å². The van der Waals surface area contributed by atoms with E-state index in [2.05, 4.69) is 55.6 Å². The lowest BCUT2D eigenvalue weighted by Crippen LogP contribution is -2.29. The molecule has 9 nitrogen and oxygen atoms in total. The second kappa shape index (κ2) is 38.0. The van der Waals surface area contributed by atoms with Gasteiger partial charge in [-0.3, -0.25) is 18.6 Å². The largest absolute Gasteiger partial charge is 0.472 e.